The SMILES string of the molecule is COCC(NC(=O)c1ccc(C#CCCO)cn1)C(C)C. The number of hydrogen-bond donors (Lipinski definition) is 2. The molecule has 2 N–H and O–H groups in total. The summed E-state index contributed by atoms with van der Waals surface area (Å²) >= 11 is 0. The maximum Gasteiger partial charge on any atom is 0.270 e. The van der Waals surface area contributed by atoms with Crippen LogP contribution < -0.4 is 5.32 Å². The Labute approximate surface area is 125 Å². The van der Waals surface area contributed by atoms with Crippen LogP contribution in [0.2, 0.25) is 0 Å². The van der Waals surface area contributed by atoms with E-state index in [-0.39, 0.29) is 24.5 Å². The van der Waals surface area contributed by atoms with Gasteiger partial charge in [0.2, 0.25) is 0 Å². The summed E-state index contributed by atoms with van der Waals surface area (Å²) in [6, 6.07) is 3.34. The minimum Gasteiger partial charge on any atom is -0.395 e. The van der Waals surface area contributed by atoms with Crippen LogP contribution >= 0.6 is 0 Å². The summed E-state index contributed by atoms with van der Waals surface area (Å²) in [7, 11) is 1.61. The molecule has 1 aromatic heterocycles. The number of carbonyl (C=O) groups excluding carboxylic acids is 1. The van der Waals surface area contributed by atoms with Crippen LogP contribution in [0.1, 0.15) is 36.3 Å². The predicted octanol–water partition coefficient (Wildman–Crippen LogP) is 1.22. The molecule has 1 heterocycles. The van der Waals surface area contributed by atoms with E-state index < -0.39 is 0 Å². The van der Waals surface area contributed by atoms with Gasteiger partial charge in [-0.25, -0.2) is 4.98 Å². The van der Waals surface area contributed by atoms with E-state index >= 15 is 0 Å². The van der Waals surface area contributed by atoms with E-state index in [2.05, 4.69) is 22.1 Å². The number of nitrogens with one attached hydrogen (secondary N) is 1. The first-order chi connectivity index (χ1) is 10.1. The molecule has 1 aromatic rings. The van der Waals surface area contributed by atoms with E-state index in [1.807, 2.05) is 13.8 Å². The Morgan fingerprint density at radius 1 is 1.48 bits per heavy atom. The van der Waals surface area contributed by atoms with Crippen LogP contribution in [0.4, 0.5) is 0 Å². The Bertz CT molecular complexity index is 500. The van der Waals surface area contributed by atoms with Crippen molar-refractivity contribution < 1.29 is 14.6 Å². The second kappa shape index (κ2) is 9.11. The molecule has 1 amide bonds. The molecule has 0 fully saturated rings. The van der Waals surface area contributed by atoms with Crippen molar-refractivity contribution in [1.29, 1.82) is 0 Å². The second-order valence-electron chi connectivity index (χ2n) is 4.99. The van der Waals surface area contributed by atoms with Gasteiger partial charge in [0.15, 0.2) is 0 Å². The number of ether oxygens (including phenoxy) is 1. The first-order valence-corrected chi connectivity index (χ1v) is 6.94. The monoisotopic (exact) mass is 290 g/mol. The molecular formula is C16H22N2O3. The van der Waals surface area contributed by atoms with E-state index in [1.54, 1.807) is 25.4 Å². The summed E-state index contributed by atoms with van der Waals surface area (Å²) in [5, 5.41) is 11.6. The van der Waals surface area contributed by atoms with Gasteiger partial charge in [-0.3, -0.25) is 4.79 Å². The van der Waals surface area contributed by atoms with E-state index in [0.29, 0.717) is 18.7 Å². The molecule has 0 spiro atoms. The van der Waals surface area contributed by atoms with Crippen molar-refractivity contribution in [3.63, 3.8) is 0 Å². The predicted molar refractivity (Wildman–Crippen MR) is 80.8 cm³/mol. The van der Waals surface area contributed by atoms with Crippen molar-refractivity contribution >= 4 is 5.91 Å². The fourth-order valence-electron chi connectivity index (χ4n) is 1.65. The minimum atomic E-state index is -0.222. The second-order valence-corrected chi connectivity index (χ2v) is 4.99. The molecule has 21 heavy (non-hydrogen) atoms. The van der Waals surface area contributed by atoms with Gasteiger partial charge < -0.3 is 15.2 Å². The first-order valence-electron chi connectivity index (χ1n) is 6.94. The Balaban J connectivity index is 2.68. The molecule has 114 valence electrons. The molecule has 1 unspecified atom stereocenters. The van der Waals surface area contributed by atoms with Crippen LogP contribution in [-0.4, -0.2) is 42.4 Å². The van der Waals surface area contributed by atoms with Crippen molar-refractivity contribution in [1.82, 2.24) is 10.3 Å². The number of amides is 1. The van der Waals surface area contributed by atoms with Gasteiger partial charge in [0.05, 0.1) is 19.3 Å². The molecular weight excluding hydrogens is 268 g/mol. The summed E-state index contributed by atoms with van der Waals surface area (Å²) < 4.78 is 5.10. The summed E-state index contributed by atoms with van der Waals surface area (Å²) in [6.45, 7) is 4.56. The fourth-order valence-corrected chi connectivity index (χ4v) is 1.65. The van der Waals surface area contributed by atoms with Gasteiger partial charge in [-0.05, 0) is 18.1 Å². The number of hydrogen-bond acceptors (Lipinski definition) is 4. The van der Waals surface area contributed by atoms with Crippen LogP contribution in [0.5, 0.6) is 0 Å². The van der Waals surface area contributed by atoms with E-state index in [1.165, 1.54) is 0 Å². The summed E-state index contributed by atoms with van der Waals surface area (Å²) in [5.41, 5.74) is 1.07. The van der Waals surface area contributed by atoms with Crippen molar-refractivity contribution in [2.75, 3.05) is 20.3 Å². The lowest BCUT2D eigenvalue weighted by molar-refractivity contribution is 0.0862. The van der Waals surface area contributed by atoms with Crippen LogP contribution in [-0.2, 0) is 4.74 Å². The lowest BCUT2D eigenvalue weighted by Gasteiger charge is -2.21. The van der Waals surface area contributed by atoms with Crippen molar-refractivity contribution in [3.8, 4) is 11.8 Å². The van der Waals surface area contributed by atoms with Crippen LogP contribution in [0.3, 0.4) is 0 Å². The van der Waals surface area contributed by atoms with Crippen molar-refractivity contribution in [2.24, 2.45) is 5.92 Å². The van der Waals surface area contributed by atoms with E-state index in [4.69, 9.17) is 9.84 Å². The highest BCUT2D eigenvalue weighted by molar-refractivity contribution is 5.92. The van der Waals surface area contributed by atoms with Gasteiger partial charge in [0, 0.05) is 25.3 Å². The molecule has 0 saturated heterocycles. The molecule has 5 nitrogen and oxygen atoms in total. The van der Waals surface area contributed by atoms with Gasteiger partial charge in [-0.1, -0.05) is 25.7 Å². The highest BCUT2D eigenvalue weighted by Crippen LogP contribution is 2.05. The quantitative estimate of drug-likeness (QED) is 0.773. The molecule has 0 aromatic carbocycles. The third kappa shape index (κ3) is 5.94. The highest BCUT2D eigenvalue weighted by Gasteiger charge is 2.17. The van der Waals surface area contributed by atoms with Gasteiger partial charge in [0.1, 0.15) is 5.69 Å². The molecule has 0 radical (unpaired) electrons. The van der Waals surface area contributed by atoms with Gasteiger partial charge in [0.25, 0.3) is 5.91 Å². The Kier molecular flexibility index (Phi) is 7.44. The highest BCUT2D eigenvalue weighted by atomic mass is 16.5. The molecule has 0 bridgehead atoms. The molecule has 0 aliphatic heterocycles. The molecule has 1 atom stereocenters. The zero-order valence-corrected chi connectivity index (χ0v) is 12.7. The first kappa shape index (κ1) is 17.2. The molecule has 0 saturated carbocycles. The normalized spacial score (nSPS) is 11.7. The largest absolute Gasteiger partial charge is 0.395 e. The Morgan fingerprint density at radius 2 is 2.24 bits per heavy atom. The minimum absolute atomic E-state index is 0.0387. The smallest absolute Gasteiger partial charge is 0.270 e. The Morgan fingerprint density at radius 3 is 2.76 bits per heavy atom. The summed E-state index contributed by atoms with van der Waals surface area (Å²) in [4.78, 5) is 16.2. The number of aliphatic hydroxyl groups is 1. The number of methoxy groups -OCH3 is 1. The lowest BCUT2D eigenvalue weighted by atomic mass is 10.1. The van der Waals surface area contributed by atoms with Gasteiger partial charge in [-0.2, -0.15) is 0 Å². The average molecular weight is 290 g/mol. The van der Waals surface area contributed by atoms with Crippen LogP contribution in [0.25, 0.3) is 0 Å². The lowest BCUT2D eigenvalue weighted by Crippen LogP contribution is -2.41. The number of nitrogens with zero attached hydrogens (tertiary/aromatic N) is 1. The zero-order chi connectivity index (χ0) is 15.7. The number of rotatable bonds is 6. The Hall–Kier alpha value is -1.90. The van der Waals surface area contributed by atoms with Crippen molar-refractivity contribution in [3.05, 3.63) is 29.6 Å². The molecule has 5 heteroatoms. The summed E-state index contributed by atoms with van der Waals surface area (Å²) in [5.74, 6) is 5.73. The average Bonchev–Trinajstić information content (AvgIpc) is 2.47. The van der Waals surface area contributed by atoms with E-state index in [0.717, 1.165) is 5.56 Å². The number of aromatic nitrogens is 1. The van der Waals surface area contributed by atoms with Gasteiger partial charge in [-0.15, -0.1) is 0 Å². The third-order valence-corrected chi connectivity index (χ3v) is 2.93. The summed E-state index contributed by atoms with van der Waals surface area (Å²) in [6.07, 6.45) is 1.98. The number of aliphatic hydroxyl groups excluding tert-OH is 1. The van der Waals surface area contributed by atoms with E-state index in [9.17, 15) is 4.79 Å². The fraction of sp³-hybridized carbons (Fsp3) is 0.500. The maximum atomic E-state index is 12.1. The molecule has 0 aliphatic rings. The van der Waals surface area contributed by atoms with Gasteiger partial charge >= 0.3 is 0 Å². The number of carbonyl (C=O) groups is 1. The maximum absolute atomic E-state index is 12.1. The topological polar surface area (TPSA) is 71.5 Å². The zero-order valence-electron chi connectivity index (χ0n) is 12.7. The molecule has 0 aliphatic carbocycles. The van der Waals surface area contributed by atoms with Crippen LogP contribution in [0, 0.1) is 17.8 Å². The standard InChI is InChI=1S/C16H22N2O3/c1-12(2)15(11-21-3)18-16(20)14-8-7-13(10-17-14)6-4-5-9-19/h7-8,10,12,15,19H,5,9,11H2,1-3H3,(H,18,20). The molecule has 1 rings (SSSR count). The third-order valence-electron chi connectivity index (χ3n) is 2.93. The number of pyridine rings is 1. The van der Waals surface area contributed by atoms with Crippen LogP contribution in [0.15, 0.2) is 18.3 Å². The van der Waals surface area contributed by atoms with Crippen molar-refractivity contribution in [2.45, 2.75) is 26.3 Å².